The summed E-state index contributed by atoms with van der Waals surface area (Å²) < 4.78 is 5.59. The van der Waals surface area contributed by atoms with Crippen molar-refractivity contribution in [3.63, 3.8) is 0 Å². The molecule has 0 heterocycles. The molecule has 112 valence electrons. The van der Waals surface area contributed by atoms with Gasteiger partial charge in [-0.05, 0) is 36.6 Å². The van der Waals surface area contributed by atoms with Crippen LogP contribution in [0.25, 0.3) is 0 Å². The second-order valence-corrected chi connectivity index (χ2v) is 5.28. The first kappa shape index (κ1) is 16.5. The van der Waals surface area contributed by atoms with Gasteiger partial charge in [0.1, 0.15) is 5.75 Å². The van der Waals surface area contributed by atoms with Crippen molar-refractivity contribution >= 4 is 5.91 Å². The third-order valence-corrected chi connectivity index (χ3v) is 3.25. The van der Waals surface area contributed by atoms with Gasteiger partial charge in [0.25, 0.3) is 0 Å². The summed E-state index contributed by atoms with van der Waals surface area (Å²) in [7, 11) is 1.80. The molecule has 0 radical (unpaired) electrons. The van der Waals surface area contributed by atoms with Gasteiger partial charge in [0.2, 0.25) is 5.91 Å². The lowest BCUT2D eigenvalue weighted by molar-refractivity contribution is -0.130. The van der Waals surface area contributed by atoms with Crippen LogP contribution in [0, 0.1) is 0 Å². The predicted molar refractivity (Wildman–Crippen MR) is 82.0 cm³/mol. The van der Waals surface area contributed by atoms with E-state index in [0.29, 0.717) is 32.0 Å². The Balaban J connectivity index is 2.31. The average molecular weight is 278 g/mol. The molecule has 1 aromatic carbocycles. The van der Waals surface area contributed by atoms with Gasteiger partial charge in [-0.25, -0.2) is 0 Å². The fraction of sp³-hybridized carbons (Fsp3) is 0.562. The van der Waals surface area contributed by atoms with Crippen LogP contribution in [0.4, 0.5) is 0 Å². The maximum absolute atomic E-state index is 11.8. The maximum Gasteiger partial charge on any atom is 0.225 e. The molecule has 1 rings (SSSR count). The molecule has 4 nitrogen and oxygen atoms in total. The van der Waals surface area contributed by atoms with Gasteiger partial charge in [-0.2, -0.15) is 0 Å². The highest BCUT2D eigenvalue weighted by atomic mass is 16.5. The van der Waals surface area contributed by atoms with Gasteiger partial charge in [0.05, 0.1) is 13.0 Å². The van der Waals surface area contributed by atoms with E-state index in [2.05, 4.69) is 26.0 Å². The predicted octanol–water partition coefficient (Wildman–Crippen LogP) is 2.39. The Morgan fingerprint density at radius 2 is 1.95 bits per heavy atom. The summed E-state index contributed by atoms with van der Waals surface area (Å²) >= 11 is 0. The van der Waals surface area contributed by atoms with Crippen LogP contribution in [-0.4, -0.2) is 37.6 Å². The van der Waals surface area contributed by atoms with Gasteiger partial charge in [0, 0.05) is 13.6 Å². The van der Waals surface area contributed by atoms with Crippen molar-refractivity contribution in [1.82, 2.24) is 4.90 Å². The molecule has 0 bridgehead atoms. The molecule has 0 atom stereocenters. The quantitative estimate of drug-likeness (QED) is 0.794. The standard InChI is InChI=1S/C16H26N2O2/c1-13(2)14-5-7-15(8-6-14)20-12-9-16(19)18(3)11-4-10-17/h5-8,13H,4,9-12,17H2,1-3H3. The monoisotopic (exact) mass is 278 g/mol. The van der Waals surface area contributed by atoms with E-state index in [4.69, 9.17) is 10.5 Å². The van der Waals surface area contributed by atoms with E-state index in [9.17, 15) is 4.79 Å². The highest BCUT2D eigenvalue weighted by Gasteiger charge is 2.08. The number of carbonyl (C=O) groups excluding carboxylic acids is 1. The highest BCUT2D eigenvalue weighted by molar-refractivity contribution is 5.75. The number of carbonyl (C=O) groups is 1. The molecular formula is C16H26N2O2. The minimum Gasteiger partial charge on any atom is -0.493 e. The van der Waals surface area contributed by atoms with Crippen LogP contribution in [0.15, 0.2) is 24.3 Å². The summed E-state index contributed by atoms with van der Waals surface area (Å²) in [5.41, 5.74) is 6.71. The third kappa shape index (κ3) is 5.61. The van der Waals surface area contributed by atoms with Crippen LogP contribution in [0.3, 0.4) is 0 Å². The second kappa shape index (κ2) is 8.59. The third-order valence-electron chi connectivity index (χ3n) is 3.25. The Kier molecular flexibility index (Phi) is 7.09. The molecule has 0 unspecified atom stereocenters. The zero-order valence-corrected chi connectivity index (χ0v) is 12.8. The van der Waals surface area contributed by atoms with Gasteiger partial charge in [-0.15, -0.1) is 0 Å². The number of rotatable bonds is 8. The molecule has 0 aliphatic carbocycles. The molecule has 1 aromatic rings. The molecule has 0 spiro atoms. The number of nitrogens with two attached hydrogens (primary N) is 1. The summed E-state index contributed by atoms with van der Waals surface area (Å²) in [4.78, 5) is 13.5. The van der Waals surface area contributed by atoms with Crippen molar-refractivity contribution < 1.29 is 9.53 Å². The van der Waals surface area contributed by atoms with Gasteiger partial charge in [0.15, 0.2) is 0 Å². The van der Waals surface area contributed by atoms with Crippen molar-refractivity contribution in [2.75, 3.05) is 26.7 Å². The summed E-state index contributed by atoms with van der Waals surface area (Å²) in [5, 5.41) is 0. The molecule has 0 aliphatic heterocycles. The Labute approximate surface area is 121 Å². The number of hydrogen-bond donors (Lipinski definition) is 1. The van der Waals surface area contributed by atoms with Crippen LogP contribution >= 0.6 is 0 Å². The van der Waals surface area contributed by atoms with Crippen LogP contribution in [0.2, 0.25) is 0 Å². The van der Waals surface area contributed by atoms with E-state index in [1.807, 2.05) is 12.1 Å². The number of amides is 1. The average Bonchev–Trinajstić information content (AvgIpc) is 2.45. The summed E-state index contributed by atoms with van der Waals surface area (Å²) in [6.45, 7) is 6.04. The molecule has 0 saturated heterocycles. The maximum atomic E-state index is 11.8. The van der Waals surface area contributed by atoms with Crippen LogP contribution in [0.1, 0.15) is 38.2 Å². The lowest BCUT2D eigenvalue weighted by Gasteiger charge is -2.16. The number of nitrogens with zero attached hydrogens (tertiary/aromatic N) is 1. The number of ether oxygens (including phenoxy) is 1. The second-order valence-electron chi connectivity index (χ2n) is 5.28. The number of hydrogen-bond acceptors (Lipinski definition) is 3. The Hall–Kier alpha value is -1.55. The van der Waals surface area contributed by atoms with Crippen molar-refractivity contribution in [3.05, 3.63) is 29.8 Å². The fourth-order valence-corrected chi connectivity index (χ4v) is 1.85. The van der Waals surface area contributed by atoms with E-state index in [1.165, 1.54) is 5.56 Å². The van der Waals surface area contributed by atoms with Gasteiger partial charge in [-0.3, -0.25) is 4.79 Å². The summed E-state index contributed by atoms with van der Waals surface area (Å²) in [6, 6.07) is 8.04. The zero-order valence-electron chi connectivity index (χ0n) is 12.8. The first-order chi connectivity index (χ1) is 9.54. The molecule has 0 aliphatic rings. The van der Waals surface area contributed by atoms with Crippen LogP contribution in [-0.2, 0) is 4.79 Å². The largest absolute Gasteiger partial charge is 0.493 e. The molecule has 20 heavy (non-hydrogen) atoms. The summed E-state index contributed by atoms with van der Waals surface area (Å²) in [6.07, 6.45) is 1.23. The minimum absolute atomic E-state index is 0.0947. The Morgan fingerprint density at radius 3 is 2.50 bits per heavy atom. The Morgan fingerprint density at radius 1 is 1.30 bits per heavy atom. The van der Waals surface area contributed by atoms with Gasteiger partial charge >= 0.3 is 0 Å². The van der Waals surface area contributed by atoms with Gasteiger partial charge in [-0.1, -0.05) is 26.0 Å². The van der Waals surface area contributed by atoms with E-state index in [-0.39, 0.29) is 5.91 Å². The lowest BCUT2D eigenvalue weighted by atomic mass is 10.0. The van der Waals surface area contributed by atoms with Crippen LogP contribution in [0.5, 0.6) is 5.75 Å². The van der Waals surface area contributed by atoms with Crippen molar-refractivity contribution in [2.45, 2.75) is 32.6 Å². The van der Waals surface area contributed by atoms with Crippen molar-refractivity contribution in [3.8, 4) is 5.75 Å². The zero-order chi connectivity index (χ0) is 15.0. The molecule has 2 N–H and O–H groups in total. The molecule has 0 aromatic heterocycles. The van der Waals surface area contributed by atoms with E-state index in [1.54, 1.807) is 11.9 Å². The van der Waals surface area contributed by atoms with Crippen molar-refractivity contribution in [2.24, 2.45) is 5.73 Å². The normalized spacial score (nSPS) is 10.7. The lowest BCUT2D eigenvalue weighted by Crippen LogP contribution is -2.29. The molecule has 0 saturated carbocycles. The van der Waals surface area contributed by atoms with E-state index in [0.717, 1.165) is 12.2 Å². The van der Waals surface area contributed by atoms with Crippen LogP contribution < -0.4 is 10.5 Å². The topological polar surface area (TPSA) is 55.6 Å². The first-order valence-corrected chi connectivity index (χ1v) is 7.21. The molecule has 1 amide bonds. The van der Waals surface area contributed by atoms with Crippen molar-refractivity contribution in [1.29, 1.82) is 0 Å². The highest BCUT2D eigenvalue weighted by Crippen LogP contribution is 2.18. The minimum atomic E-state index is 0.0947. The SMILES string of the molecule is CC(C)c1ccc(OCCC(=O)N(C)CCCN)cc1. The molecular weight excluding hydrogens is 252 g/mol. The van der Waals surface area contributed by atoms with E-state index < -0.39 is 0 Å². The smallest absolute Gasteiger partial charge is 0.225 e. The molecule has 0 fully saturated rings. The van der Waals surface area contributed by atoms with E-state index >= 15 is 0 Å². The summed E-state index contributed by atoms with van der Waals surface area (Å²) in [5.74, 6) is 1.42. The van der Waals surface area contributed by atoms with Gasteiger partial charge < -0.3 is 15.4 Å². The molecule has 4 heteroatoms. The first-order valence-electron chi connectivity index (χ1n) is 7.21. The fourth-order valence-electron chi connectivity index (χ4n) is 1.85. The number of benzene rings is 1. The Bertz CT molecular complexity index is 401.